The minimum atomic E-state index is 0.526. The fraction of sp³-hybridized carbons (Fsp3) is 0.333. The molecule has 1 aromatic heterocycles. The molecule has 0 radical (unpaired) electrons. The van der Waals surface area contributed by atoms with Gasteiger partial charge in [-0.3, -0.25) is 0 Å². The summed E-state index contributed by atoms with van der Waals surface area (Å²) in [7, 11) is 0. The predicted molar refractivity (Wildman–Crippen MR) is 73.8 cm³/mol. The second kappa shape index (κ2) is 5.58. The molecule has 0 bridgehead atoms. The Bertz CT molecular complexity index is 556. The Kier molecular flexibility index (Phi) is 3.65. The Labute approximate surface area is 118 Å². The van der Waals surface area contributed by atoms with Crippen LogP contribution in [0.5, 0.6) is 0 Å². The monoisotopic (exact) mass is 321 g/mol. The molecule has 2 aromatic rings. The number of aromatic nitrogens is 4. The fourth-order valence-electron chi connectivity index (χ4n) is 1.86. The molecule has 0 N–H and O–H groups in total. The minimum Gasteiger partial charge on any atom is -0.378 e. The molecule has 1 fully saturated rings. The van der Waals surface area contributed by atoms with E-state index in [0.717, 1.165) is 23.1 Å². The molecule has 7 heteroatoms. The van der Waals surface area contributed by atoms with Crippen LogP contribution >= 0.6 is 15.9 Å². The topological polar surface area (TPSA) is 64.0 Å². The highest BCUT2D eigenvalue weighted by Crippen LogP contribution is 2.19. The smallest absolute Gasteiger partial charge is 0.264 e. The molecule has 2 heterocycles. The van der Waals surface area contributed by atoms with Crippen molar-refractivity contribution in [2.75, 3.05) is 31.2 Å². The summed E-state index contributed by atoms with van der Waals surface area (Å²) in [6.45, 7) is 2.94. The largest absolute Gasteiger partial charge is 0.378 e. The molecule has 0 amide bonds. The number of nitrogens with zero attached hydrogens (tertiary/aromatic N) is 5. The summed E-state index contributed by atoms with van der Waals surface area (Å²) in [6, 6.07) is 7.75. The summed E-state index contributed by atoms with van der Waals surface area (Å²) in [5, 5.41) is 16.6. The van der Waals surface area contributed by atoms with Crippen LogP contribution in [0.2, 0.25) is 0 Å². The van der Waals surface area contributed by atoms with E-state index in [-0.39, 0.29) is 0 Å². The first-order valence-corrected chi connectivity index (χ1v) is 6.78. The van der Waals surface area contributed by atoms with Gasteiger partial charge in [-0.1, -0.05) is 28.1 Å². The van der Waals surface area contributed by atoms with Crippen LogP contribution in [0.25, 0.3) is 11.4 Å². The third kappa shape index (κ3) is 2.87. The molecule has 1 aliphatic rings. The van der Waals surface area contributed by atoms with E-state index in [2.05, 4.69) is 36.3 Å². The van der Waals surface area contributed by atoms with Crippen molar-refractivity contribution in [3.63, 3.8) is 0 Å². The van der Waals surface area contributed by atoms with Crippen LogP contribution in [0.3, 0.4) is 0 Å². The highest BCUT2D eigenvalue weighted by atomic mass is 79.9. The number of halogens is 1. The zero-order valence-corrected chi connectivity index (χ0v) is 11.7. The summed E-state index contributed by atoms with van der Waals surface area (Å²) in [6.07, 6.45) is 0. The van der Waals surface area contributed by atoms with Crippen LogP contribution in [-0.2, 0) is 4.74 Å². The number of benzene rings is 1. The van der Waals surface area contributed by atoms with Crippen LogP contribution in [-0.4, -0.2) is 46.7 Å². The van der Waals surface area contributed by atoms with Gasteiger partial charge in [0.1, 0.15) is 0 Å². The van der Waals surface area contributed by atoms with Crippen LogP contribution in [0, 0.1) is 0 Å². The summed E-state index contributed by atoms with van der Waals surface area (Å²) in [4.78, 5) is 2.02. The van der Waals surface area contributed by atoms with E-state index >= 15 is 0 Å². The Balaban J connectivity index is 1.82. The normalized spacial score (nSPS) is 15.5. The third-order valence-corrected chi connectivity index (χ3v) is 3.34. The Morgan fingerprint density at radius 2 is 1.79 bits per heavy atom. The molecule has 0 atom stereocenters. The van der Waals surface area contributed by atoms with Crippen LogP contribution in [0.4, 0.5) is 5.95 Å². The summed E-state index contributed by atoms with van der Waals surface area (Å²) >= 11 is 3.42. The van der Waals surface area contributed by atoms with Crippen molar-refractivity contribution in [2.24, 2.45) is 0 Å². The van der Waals surface area contributed by atoms with Crippen molar-refractivity contribution in [2.45, 2.75) is 0 Å². The molecule has 0 aliphatic carbocycles. The minimum absolute atomic E-state index is 0.526. The van der Waals surface area contributed by atoms with Crippen molar-refractivity contribution in [3.05, 3.63) is 28.7 Å². The van der Waals surface area contributed by atoms with Crippen LogP contribution in [0.1, 0.15) is 0 Å². The SMILES string of the molecule is Brc1cccc(-c2nnc(N3CCOCC3)nn2)c1. The van der Waals surface area contributed by atoms with Gasteiger partial charge in [-0.05, 0) is 12.1 Å². The first-order chi connectivity index (χ1) is 9.33. The van der Waals surface area contributed by atoms with Crippen molar-refractivity contribution >= 4 is 21.9 Å². The first kappa shape index (κ1) is 12.4. The highest BCUT2D eigenvalue weighted by molar-refractivity contribution is 9.10. The van der Waals surface area contributed by atoms with Gasteiger partial charge in [0.2, 0.25) is 5.82 Å². The molecular weight excluding hydrogens is 310 g/mol. The molecule has 0 saturated carbocycles. The maximum atomic E-state index is 5.28. The van der Waals surface area contributed by atoms with E-state index in [0.29, 0.717) is 25.0 Å². The van der Waals surface area contributed by atoms with Gasteiger partial charge in [-0.2, -0.15) is 0 Å². The number of hydrogen-bond donors (Lipinski definition) is 0. The van der Waals surface area contributed by atoms with E-state index in [1.54, 1.807) is 0 Å². The molecule has 6 nitrogen and oxygen atoms in total. The third-order valence-electron chi connectivity index (χ3n) is 2.85. The average molecular weight is 322 g/mol. The van der Waals surface area contributed by atoms with Gasteiger partial charge in [0.05, 0.1) is 13.2 Å². The van der Waals surface area contributed by atoms with Gasteiger partial charge in [0.15, 0.2) is 0 Å². The van der Waals surface area contributed by atoms with Crippen molar-refractivity contribution in [3.8, 4) is 11.4 Å². The van der Waals surface area contributed by atoms with Gasteiger partial charge < -0.3 is 9.64 Å². The lowest BCUT2D eigenvalue weighted by atomic mass is 10.2. The second-order valence-electron chi connectivity index (χ2n) is 4.13. The van der Waals surface area contributed by atoms with E-state index in [1.165, 1.54) is 0 Å². The van der Waals surface area contributed by atoms with E-state index < -0.39 is 0 Å². The standard InChI is InChI=1S/C12H12BrN5O/c13-10-3-1-2-9(8-10)11-14-16-12(17-15-11)18-4-6-19-7-5-18/h1-3,8H,4-7H2. The number of hydrogen-bond acceptors (Lipinski definition) is 6. The predicted octanol–water partition coefficient (Wildman–Crippen LogP) is 1.53. The van der Waals surface area contributed by atoms with Gasteiger partial charge in [0.25, 0.3) is 5.95 Å². The summed E-state index contributed by atoms with van der Waals surface area (Å²) < 4.78 is 6.26. The summed E-state index contributed by atoms with van der Waals surface area (Å²) in [5.41, 5.74) is 0.892. The molecule has 1 aliphatic heterocycles. The summed E-state index contributed by atoms with van der Waals surface area (Å²) in [5.74, 6) is 1.08. The molecule has 3 rings (SSSR count). The maximum absolute atomic E-state index is 5.28. The maximum Gasteiger partial charge on any atom is 0.264 e. The van der Waals surface area contributed by atoms with Gasteiger partial charge in [-0.25, -0.2) is 0 Å². The Morgan fingerprint density at radius 1 is 1.05 bits per heavy atom. The van der Waals surface area contributed by atoms with Crippen LogP contribution < -0.4 is 4.90 Å². The van der Waals surface area contributed by atoms with Crippen molar-refractivity contribution in [1.82, 2.24) is 20.4 Å². The first-order valence-electron chi connectivity index (χ1n) is 5.99. The zero-order chi connectivity index (χ0) is 13.1. The van der Waals surface area contributed by atoms with Crippen LogP contribution in [0.15, 0.2) is 28.7 Å². The van der Waals surface area contributed by atoms with E-state index in [1.807, 2.05) is 29.2 Å². The zero-order valence-electron chi connectivity index (χ0n) is 10.2. The fourth-order valence-corrected chi connectivity index (χ4v) is 2.26. The Morgan fingerprint density at radius 3 is 2.47 bits per heavy atom. The quantitative estimate of drug-likeness (QED) is 0.836. The molecule has 0 unspecified atom stereocenters. The lowest BCUT2D eigenvalue weighted by Gasteiger charge is -2.25. The lowest BCUT2D eigenvalue weighted by Crippen LogP contribution is -2.37. The van der Waals surface area contributed by atoms with E-state index in [9.17, 15) is 0 Å². The molecular formula is C12H12BrN5O. The molecule has 1 saturated heterocycles. The van der Waals surface area contributed by atoms with Gasteiger partial charge in [0, 0.05) is 23.1 Å². The molecule has 1 aromatic carbocycles. The van der Waals surface area contributed by atoms with Crippen molar-refractivity contribution in [1.29, 1.82) is 0 Å². The second-order valence-corrected chi connectivity index (χ2v) is 5.05. The van der Waals surface area contributed by atoms with Crippen molar-refractivity contribution < 1.29 is 4.74 Å². The Hall–Kier alpha value is -1.60. The molecule has 19 heavy (non-hydrogen) atoms. The number of ether oxygens (including phenoxy) is 1. The lowest BCUT2D eigenvalue weighted by molar-refractivity contribution is 0.122. The van der Waals surface area contributed by atoms with Gasteiger partial charge in [-0.15, -0.1) is 20.4 Å². The number of morpholine rings is 1. The highest BCUT2D eigenvalue weighted by Gasteiger charge is 2.15. The number of rotatable bonds is 2. The number of anilines is 1. The average Bonchev–Trinajstić information content (AvgIpc) is 2.48. The molecule has 98 valence electrons. The van der Waals surface area contributed by atoms with E-state index in [4.69, 9.17) is 4.74 Å². The molecule has 0 spiro atoms. The van der Waals surface area contributed by atoms with Gasteiger partial charge >= 0.3 is 0 Å².